The van der Waals surface area contributed by atoms with Crippen molar-refractivity contribution >= 4 is 10.9 Å². The van der Waals surface area contributed by atoms with Crippen molar-refractivity contribution in [1.29, 1.82) is 0 Å². The van der Waals surface area contributed by atoms with Gasteiger partial charge in [0.15, 0.2) is 0 Å². The first-order valence-electron chi connectivity index (χ1n) is 9.30. The summed E-state index contributed by atoms with van der Waals surface area (Å²) in [6, 6.07) is 11.5. The maximum absolute atomic E-state index is 4.13. The van der Waals surface area contributed by atoms with Crippen molar-refractivity contribution in [3.63, 3.8) is 0 Å². The van der Waals surface area contributed by atoms with Crippen LogP contribution in [0.2, 0.25) is 0 Å². The van der Waals surface area contributed by atoms with Crippen molar-refractivity contribution in [2.24, 2.45) is 5.92 Å². The maximum atomic E-state index is 4.13. The van der Waals surface area contributed by atoms with Gasteiger partial charge in [0.2, 0.25) is 0 Å². The molecule has 0 saturated heterocycles. The normalized spacial score (nSPS) is 11.8. The zero-order valence-corrected chi connectivity index (χ0v) is 15.8. The van der Waals surface area contributed by atoms with E-state index in [9.17, 15) is 0 Å². The smallest absolute Gasteiger partial charge is 0.0489 e. The van der Waals surface area contributed by atoms with Gasteiger partial charge in [0.05, 0.1) is 0 Å². The van der Waals surface area contributed by atoms with E-state index >= 15 is 0 Å². The van der Waals surface area contributed by atoms with Crippen molar-refractivity contribution in [2.45, 2.75) is 46.7 Å². The van der Waals surface area contributed by atoms with Gasteiger partial charge in [-0.25, -0.2) is 0 Å². The summed E-state index contributed by atoms with van der Waals surface area (Å²) in [4.78, 5) is 4.13. The Kier molecular flexibility index (Phi) is 5.54. The van der Waals surface area contributed by atoms with Crippen LogP contribution in [0.3, 0.4) is 0 Å². The number of nitrogens with one attached hydrogen (secondary N) is 1. The van der Waals surface area contributed by atoms with Crippen molar-refractivity contribution in [2.75, 3.05) is 6.54 Å². The van der Waals surface area contributed by atoms with Crippen LogP contribution in [-0.2, 0) is 13.0 Å². The molecule has 0 aliphatic heterocycles. The number of hydrogen-bond donors (Lipinski definition) is 1. The van der Waals surface area contributed by atoms with Gasteiger partial charge >= 0.3 is 0 Å². The Balaban J connectivity index is 1.98. The highest BCUT2D eigenvalue weighted by Gasteiger charge is 2.11. The lowest BCUT2D eigenvalue weighted by Gasteiger charge is -2.09. The molecule has 0 amide bonds. The fourth-order valence-electron chi connectivity index (χ4n) is 3.33. The molecule has 3 rings (SSSR count). The lowest BCUT2D eigenvalue weighted by molar-refractivity contribution is 0.533. The predicted molar refractivity (Wildman–Crippen MR) is 107 cm³/mol. The van der Waals surface area contributed by atoms with Gasteiger partial charge in [0, 0.05) is 42.1 Å². The molecule has 2 aromatic heterocycles. The first-order valence-corrected chi connectivity index (χ1v) is 9.30. The van der Waals surface area contributed by atoms with E-state index in [1.807, 2.05) is 12.4 Å². The Labute approximate surface area is 151 Å². The maximum Gasteiger partial charge on any atom is 0.0489 e. The van der Waals surface area contributed by atoms with Gasteiger partial charge in [-0.2, -0.15) is 0 Å². The van der Waals surface area contributed by atoms with E-state index in [0.29, 0.717) is 12.0 Å². The summed E-state index contributed by atoms with van der Waals surface area (Å²) in [7, 11) is 0. The van der Waals surface area contributed by atoms with E-state index in [0.717, 1.165) is 19.5 Å². The van der Waals surface area contributed by atoms with Gasteiger partial charge in [-0.3, -0.25) is 4.98 Å². The van der Waals surface area contributed by atoms with Crippen LogP contribution in [0, 0.1) is 5.92 Å². The van der Waals surface area contributed by atoms with Crippen LogP contribution in [0.5, 0.6) is 0 Å². The Morgan fingerprint density at radius 3 is 2.44 bits per heavy atom. The number of nitrogens with zero attached hydrogens (tertiary/aromatic N) is 2. The average Bonchev–Trinajstić information content (AvgIpc) is 2.92. The number of benzene rings is 1. The molecule has 3 nitrogen and oxygen atoms in total. The van der Waals surface area contributed by atoms with Crippen LogP contribution in [0.25, 0.3) is 22.0 Å². The third kappa shape index (κ3) is 4.29. The predicted octanol–water partition coefficient (Wildman–Crippen LogP) is 4.90. The zero-order chi connectivity index (χ0) is 17.8. The van der Waals surface area contributed by atoms with Crippen LogP contribution >= 0.6 is 0 Å². The first kappa shape index (κ1) is 17.7. The third-order valence-corrected chi connectivity index (χ3v) is 4.49. The van der Waals surface area contributed by atoms with Crippen molar-refractivity contribution < 1.29 is 0 Å². The van der Waals surface area contributed by atoms with Crippen LogP contribution in [0.15, 0.2) is 48.9 Å². The third-order valence-electron chi connectivity index (χ3n) is 4.49. The molecular weight excluding hydrogens is 306 g/mol. The van der Waals surface area contributed by atoms with E-state index in [1.165, 1.54) is 27.6 Å². The molecule has 25 heavy (non-hydrogen) atoms. The summed E-state index contributed by atoms with van der Waals surface area (Å²) in [5.74, 6) is 0.627. The minimum absolute atomic E-state index is 0.530. The molecule has 0 aliphatic carbocycles. The van der Waals surface area contributed by atoms with Gasteiger partial charge in [-0.05, 0) is 53.8 Å². The fourth-order valence-corrected chi connectivity index (χ4v) is 3.33. The van der Waals surface area contributed by atoms with Gasteiger partial charge in [0.25, 0.3) is 0 Å². The molecule has 0 radical (unpaired) electrons. The quantitative estimate of drug-likeness (QED) is 0.665. The standard InChI is InChI=1S/C22H29N3/c1-16(2)14-25-15-20(9-12-24-17(3)4)21-6-5-19(13-22(21)25)18-7-10-23-11-8-18/h5-8,10-11,13,15-17,24H,9,12,14H2,1-4H3. The fraction of sp³-hybridized carbons (Fsp3) is 0.409. The average molecular weight is 335 g/mol. The van der Waals surface area contributed by atoms with Crippen LogP contribution < -0.4 is 5.32 Å². The largest absolute Gasteiger partial charge is 0.347 e. The number of fused-ring (bicyclic) bond motifs is 1. The summed E-state index contributed by atoms with van der Waals surface area (Å²) in [5.41, 5.74) is 5.25. The lowest BCUT2D eigenvalue weighted by atomic mass is 10.0. The van der Waals surface area contributed by atoms with Gasteiger partial charge in [0.1, 0.15) is 0 Å². The molecule has 132 valence electrons. The first-order chi connectivity index (χ1) is 12.0. The van der Waals surface area contributed by atoms with Crippen molar-refractivity contribution in [1.82, 2.24) is 14.9 Å². The Bertz CT molecular complexity index is 816. The van der Waals surface area contributed by atoms with Gasteiger partial charge in [-0.1, -0.05) is 39.8 Å². The Morgan fingerprint density at radius 1 is 1.00 bits per heavy atom. The highest BCUT2D eigenvalue weighted by atomic mass is 15.0. The summed E-state index contributed by atoms with van der Waals surface area (Å²) in [6.07, 6.45) is 7.13. The lowest BCUT2D eigenvalue weighted by Crippen LogP contribution is -2.24. The molecule has 0 atom stereocenters. The monoisotopic (exact) mass is 335 g/mol. The number of hydrogen-bond acceptors (Lipinski definition) is 2. The minimum Gasteiger partial charge on any atom is -0.347 e. The molecule has 0 unspecified atom stereocenters. The minimum atomic E-state index is 0.530. The molecule has 0 spiro atoms. The second-order valence-electron chi connectivity index (χ2n) is 7.53. The zero-order valence-electron chi connectivity index (χ0n) is 15.8. The highest BCUT2D eigenvalue weighted by molar-refractivity contribution is 5.88. The van der Waals surface area contributed by atoms with Crippen molar-refractivity contribution in [3.05, 3.63) is 54.5 Å². The number of aromatic nitrogens is 2. The summed E-state index contributed by atoms with van der Waals surface area (Å²) in [5, 5.41) is 4.91. The van der Waals surface area contributed by atoms with E-state index in [1.54, 1.807) is 0 Å². The summed E-state index contributed by atoms with van der Waals surface area (Å²) in [6.45, 7) is 11.0. The molecule has 0 bridgehead atoms. The molecule has 1 aromatic carbocycles. The number of pyridine rings is 1. The topological polar surface area (TPSA) is 29.9 Å². The molecule has 0 saturated carbocycles. The summed E-state index contributed by atoms with van der Waals surface area (Å²) < 4.78 is 2.43. The molecule has 1 N–H and O–H groups in total. The van der Waals surface area contributed by atoms with Crippen molar-refractivity contribution in [3.8, 4) is 11.1 Å². The SMILES string of the molecule is CC(C)Cn1cc(CCNC(C)C)c2ccc(-c3ccncc3)cc21. The van der Waals surface area contributed by atoms with Gasteiger partial charge in [-0.15, -0.1) is 0 Å². The van der Waals surface area contributed by atoms with Crippen LogP contribution in [0.4, 0.5) is 0 Å². The van der Waals surface area contributed by atoms with E-state index in [4.69, 9.17) is 0 Å². The van der Waals surface area contributed by atoms with Crippen LogP contribution in [-0.4, -0.2) is 22.1 Å². The van der Waals surface area contributed by atoms with E-state index in [2.05, 4.69) is 79.1 Å². The van der Waals surface area contributed by atoms with Crippen LogP contribution in [0.1, 0.15) is 33.3 Å². The molecule has 0 aliphatic rings. The molecule has 0 fully saturated rings. The Hall–Kier alpha value is -2.13. The van der Waals surface area contributed by atoms with E-state index in [-0.39, 0.29) is 0 Å². The second-order valence-corrected chi connectivity index (χ2v) is 7.53. The molecule has 2 heterocycles. The number of rotatable bonds is 7. The highest BCUT2D eigenvalue weighted by Crippen LogP contribution is 2.28. The molecular formula is C22H29N3. The van der Waals surface area contributed by atoms with Gasteiger partial charge < -0.3 is 9.88 Å². The van der Waals surface area contributed by atoms with E-state index < -0.39 is 0 Å². The molecule has 3 aromatic rings. The molecule has 3 heteroatoms. The summed E-state index contributed by atoms with van der Waals surface area (Å²) >= 11 is 0. The Morgan fingerprint density at radius 2 is 1.76 bits per heavy atom. The second kappa shape index (κ2) is 7.83.